The number of benzene rings is 1. The largest absolute Gasteiger partial charge is 0.322 e. The smallest absolute Gasteiger partial charge is 0.271 e. The van der Waals surface area contributed by atoms with Crippen molar-refractivity contribution in [3.63, 3.8) is 0 Å². The van der Waals surface area contributed by atoms with Gasteiger partial charge < -0.3 is 5.32 Å². The molecule has 1 N–H and O–H groups in total. The Labute approximate surface area is 173 Å². The summed E-state index contributed by atoms with van der Waals surface area (Å²) in [5, 5.41) is 3.47. The van der Waals surface area contributed by atoms with Crippen molar-refractivity contribution in [2.75, 3.05) is 5.32 Å². The molecule has 0 saturated heterocycles. The number of nitrogens with zero attached hydrogens (tertiary/aromatic N) is 3. The van der Waals surface area contributed by atoms with Gasteiger partial charge in [0.05, 0.1) is 17.5 Å². The van der Waals surface area contributed by atoms with Gasteiger partial charge in [0.15, 0.2) is 5.15 Å². The average molecular weight is 431 g/mol. The molecule has 0 fully saturated rings. The van der Waals surface area contributed by atoms with Gasteiger partial charge in [0, 0.05) is 16.1 Å². The van der Waals surface area contributed by atoms with Crippen molar-refractivity contribution in [2.24, 2.45) is 0 Å². The molecule has 1 aromatic carbocycles. The number of hydrogen-bond donors (Lipinski definition) is 1. The summed E-state index contributed by atoms with van der Waals surface area (Å²) in [4.78, 5) is 34.2. The predicted octanol–water partition coefficient (Wildman–Crippen LogP) is 4.47. The van der Waals surface area contributed by atoms with Crippen LogP contribution in [0, 0.1) is 0 Å². The third kappa shape index (κ3) is 3.77. The monoisotopic (exact) mass is 430 g/mol. The lowest BCUT2D eigenvalue weighted by molar-refractivity contribution is -0.116. The first kappa shape index (κ1) is 18.6. The highest BCUT2D eigenvalue weighted by Gasteiger charge is 2.13. The summed E-state index contributed by atoms with van der Waals surface area (Å²) in [6.07, 6.45) is 2.89. The topological polar surface area (TPSA) is 76.9 Å². The molecule has 4 aromatic rings. The van der Waals surface area contributed by atoms with Crippen LogP contribution in [0.25, 0.3) is 20.7 Å². The molecule has 3 aromatic heterocycles. The van der Waals surface area contributed by atoms with Crippen LogP contribution in [0.5, 0.6) is 0 Å². The van der Waals surface area contributed by atoms with Gasteiger partial charge in [-0.2, -0.15) is 0 Å². The van der Waals surface area contributed by atoms with Crippen molar-refractivity contribution < 1.29 is 4.79 Å². The van der Waals surface area contributed by atoms with Gasteiger partial charge in [-0.15, -0.1) is 11.3 Å². The van der Waals surface area contributed by atoms with Crippen LogP contribution in [-0.4, -0.2) is 20.4 Å². The molecule has 4 rings (SSSR count). The lowest BCUT2D eigenvalue weighted by Crippen LogP contribution is -2.27. The van der Waals surface area contributed by atoms with Gasteiger partial charge in [0.1, 0.15) is 11.2 Å². The van der Waals surface area contributed by atoms with Crippen molar-refractivity contribution in [2.45, 2.75) is 6.54 Å². The number of nitrogens with one attached hydrogen (secondary N) is 1. The molecule has 0 spiro atoms. The minimum absolute atomic E-state index is 0.179. The molecular weight excluding hydrogens is 419 g/mol. The highest BCUT2D eigenvalue weighted by Crippen LogP contribution is 2.31. The SMILES string of the molecule is O=C(Cn1cnc2cc(-c3ccc(Cl)cc3)sc2c1=O)Nc1cccnc1Cl. The molecule has 9 heteroatoms. The molecule has 0 aliphatic carbocycles. The third-order valence-electron chi connectivity index (χ3n) is 3.98. The number of carbonyl (C=O) groups excluding carboxylic acids is 1. The Bertz CT molecular complexity index is 1230. The van der Waals surface area contributed by atoms with Crippen LogP contribution < -0.4 is 10.9 Å². The van der Waals surface area contributed by atoms with E-state index in [9.17, 15) is 9.59 Å². The average Bonchev–Trinajstić information content (AvgIpc) is 3.12. The molecule has 0 aliphatic rings. The fourth-order valence-corrected chi connectivity index (χ4v) is 4.00. The zero-order valence-corrected chi connectivity index (χ0v) is 16.6. The molecule has 3 heterocycles. The molecule has 28 heavy (non-hydrogen) atoms. The molecule has 1 amide bonds. The Morgan fingerprint density at radius 1 is 1.14 bits per heavy atom. The first-order chi connectivity index (χ1) is 13.5. The van der Waals surface area contributed by atoms with E-state index in [1.807, 2.05) is 18.2 Å². The molecule has 0 unspecified atom stereocenters. The lowest BCUT2D eigenvalue weighted by atomic mass is 10.2. The number of thiophene rings is 1. The summed E-state index contributed by atoms with van der Waals surface area (Å²) in [5.74, 6) is -0.396. The highest BCUT2D eigenvalue weighted by atomic mass is 35.5. The van der Waals surface area contributed by atoms with Crippen molar-refractivity contribution in [1.82, 2.24) is 14.5 Å². The second-order valence-corrected chi connectivity index (χ2v) is 7.75. The predicted molar refractivity (Wildman–Crippen MR) is 112 cm³/mol. The van der Waals surface area contributed by atoms with E-state index in [0.29, 0.717) is 20.9 Å². The number of pyridine rings is 1. The molecule has 140 valence electrons. The standard InChI is InChI=1S/C19H12Cl2N4O2S/c20-12-5-3-11(4-6-12)15-8-14-17(28-15)19(27)25(10-23-14)9-16(26)24-13-2-1-7-22-18(13)21/h1-8,10H,9H2,(H,24,26). The minimum Gasteiger partial charge on any atom is -0.322 e. The zero-order chi connectivity index (χ0) is 19.7. The highest BCUT2D eigenvalue weighted by molar-refractivity contribution is 7.22. The third-order valence-corrected chi connectivity index (χ3v) is 5.69. The van der Waals surface area contributed by atoms with Crippen LogP contribution in [0.4, 0.5) is 5.69 Å². The Kier molecular flexibility index (Phi) is 5.13. The van der Waals surface area contributed by atoms with E-state index in [-0.39, 0.29) is 17.3 Å². The second-order valence-electron chi connectivity index (χ2n) is 5.90. The summed E-state index contributed by atoms with van der Waals surface area (Å²) in [6.45, 7) is -0.179. The summed E-state index contributed by atoms with van der Waals surface area (Å²) in [5.41, 5.74) is 1.65. The summed E-state index contributed by atoms with van der Waals surface area (Å²) in [6, 6.07) is 12.5. The van der Waals surface area contributed by atoms with Gasteiger partial charge in [0.2, 0.25) is 5.91 Å². The lowest BCUT2D eigenvalue weighted by Gasteiger charge is -2.07. The van der Waals surface area contributed by atoms with Crippen LogP contribution in [-0.2, 0) is 11.3 Å². The van der Waals surface area contributed by atoms with E-state index >= 15 is 0 Å². The van der Waals surface area contributed by atoms with Crippen LogP contribution in [0.3, 0.4) is 0 Å². The van der Waals surface area contributed by atoms with Crippen molar-refractivity contribution in [3.8, 4) is 10.4 Å². The van der Waals surface area contributed by atoms with Crippen LogP contribution >= 0.6 is 34.5 Å². The number of fused-ring (bicyclic) bond motifs is 1. The number of amides is 1. The van der Waals surface area contributed by atoms with E-state index < -0.39 is 5.91 Å². The fourth-order valence-electron chi connectivity index (χ4n) is 2.64. The molecular formula is C19H12Cl2N4O2S. The Morgan fingerprint density at radius 2 is 1.93 bits per heavy atom. The number of rotatable bonds is 4. The maximum Gasteiger partial charge on any atom is 0.271 e. The van der Waals surface area contributed by atoms with E-state index in [1.165, 1.54) is 28.4 Å². The number of anilines is 1. The zero-order valence-electron chi connectivity index (χ0n) is 14.2. The van der Waals surface area contributed by atoms with Crippen LogP contribution in [0.1, 0.15) is 0 Å². The van der Waals surface area contributed by atoms with Gasteiger partial charge >= 0.3 is 0 Å². The normalized spacial score (nSPS) is 10.9. The van der Waals surface area contributed by atoms with Gasteiger partial charge in [-0.3, -0.25) is 14.2 Å². The van der Waals surface area contributed by atoms with Crippen molar-refractivity contribution in [1.29, 1.82) is 0 Å². The number of carbonyl (C=O) groups is 1. The first-order valence-corrected chi connectivity index (χ1v) is 9.74. The number of aromatic nitrogens is 3. The van der Waals surface area contributed by atoms with Crippen molar-refractivity contribution in [3.05, 3.63) is 75.5 Å². The minimum atomic E-state index is -0.396. The Balaban J connectivity index is 1.61. The first-order valence-electron chi connectivity index (χ1n) is 8.16. The molecule has 0 aliphatic heterocycles. The van der Waals surface area contributed by atoms with E-state index in [2.05, 4.69) is 15.3 Å². The molecule has 0 saturated carbocycles. The summed E-state index contributed by atoms with van der Waals surface area (Å²) < 4.78 is 1.75. The van der Waals surface area contributed by atoms with Gasteiger partial charge in [-0.1, -0.05) is 35.3 Å². The van der Waals surface area contributed by atoms with Crippen LogP contribution in [0.2, 0.25) is 10.2 Å². The second kappa shape index (κ2) is 7.71. The molecule has 0 bridgehead atoms. The van der Waals surface area contributed by atoms with E-state index in [1.54, 1.807) is 24.3 Å². The van der Waals surface area contributed by atoms with Crippen LogP contribution in [0.15, 0.2) is 59.8 Å². The van der Waals surface area contributed by atoms with Gasteiger partial charge in [-0.05, 0) is 35.9 Å². The maximum atomic E-state index is 12.8. The maximum absolute atomic E-state index is 12.8. The fraction of sp³-hybridized carbons (Fsp3) is 0.0526. The quantitative estimate of drug-likeness (QED) is 0.484. The molecule has 0 radical (unpaired) electrons. The van der Waals surface area contributed by atoms with E-state index in [4.69, 9.17) is 23.2 Å². The summed E-state index contributed by atoms with van der Waals surface area (Å²) >= 11 is 13.2. The summed E-state index contributed by atoms with van der Waals surface area (Å²) in [7, 11) is 0. The van der Waals surface area contributed by atoms with Gasteiger partial charge in [-0.25, -0.2) is 9.97 Å². The Hall–Kier alpha value is -2.74. The van der Waals surface area contributed by atoms with Gasteiger partial charge in [0.25, 0.3) is 5.56 Å². The van der Waals surface area contributed by atoms with Crippen molar-refractivity contribution >= 4 is 56.3 Å². The molecule has 6 nitrogen and oxygen atoms in total. The number of hydrogen-bond acceptors (Lipinski definition) is 5. The van der Waals surface area contributed by atoms with E-state index in [0.717, 1.165) is 10.4 Å². The molecule has 0 atom stereocenters. The number of halogens is 2. The Morgan fingerprint density at radius 3 is 2.68 bits per heavy atom.